The molecule has 3 heterocycles. The predicted molar refractivity (Wildman–Crippen MR) is 110 cm³/mol. The molecule has 7 nitrogen and oxygen atoms in total. The van der Waals surface area contributed by atoms with Crippen molar-refractivity contribution in [3.05, 3.63) is 53.3 Å². The molecule has 0 aliphatic carbocycles. The number of aromatic hydroxyl groups is 1. The largest absolute Gasteiger partial charge is 0.497 e. The lowest BCUT2D eigenvalue weighted by atomic mass is 9.93. The molecule has 0 spiro atoms. The molecule has 2 aromatic carbocycles. The molecule has 3 unspecified atom stereocenters. The van der Waals surface area contributed by atoms with Crippen molar-refractivity contribution < 1.29 is 14.6 Å². The maximum Gasteiger partial charge on any atom is 0.222 e. The molecular formula is C22H22N4O3. The summed E-state index contributed by atoms with van der Waals surface area (Å²) in [7, 11) is 1.65. The van der Waals surface area contributed by atoms with Crippen LogP contribution in [0.2, 0.25) is 0 Å². The van der Waals surface area contributed by atoms with E-state index in [0.717, 1.165) is 34.6 Å². The lowest BCUT2D eigenvalue weighted by molar-refractivity contribution is 0.256. The molecule has 2 aliphatic rings. The van der Waals surface area contributed by atoms with Crippen LogP contribution in [0, 0.1) is 0 Å². The third-order valence-corrected chi connectivity index (χ3v) is 5.69. The van der Waals surface area contributed by atoms with Crippen LogP contribution in [0.5, 0.6) is 17.4 Å². The number of benzene rings is 2. The number of aromatic nitrogens is 2. The van der Waals surface area contributed by atoms with Gasteiger partial charge in [-0.05, 0) is 54.8 Å². The van der Waals surface area contributed by atoms with Gasteiger partial charge in [0.15, 0.2) is 0 Å². The molecule has 148 valence electrons. The van der Waals surface area contributed by atoms with Crippen LogP contribution < -0.4 is 14.9 Å². The van der Waals surface area contributed by atoms with Gasteiger partial charge >= 0.3 is 0 Å². The fraction of sp³-hybridized carbons (Fsp3) is 0.318. The molecule has 5 rings (SSSR count). The first-order chi connectivity index (χ1) is 14.1. The van der Waals surface area contributed by atoms with Crippen LogP contribution in [-0.4, -0.2) is 41.0 Å². The molecule has 0 radical (unpaired) electrons. The molecule has 0 bridgehead atoms. The monoisotopic (exact) mass is 390 g/mol. The fourth-order valence-electron chi connectivity index (χ4n) is 4.03. The Kier molecular flexibility index (Phi) is 4.23. The van der Waals surface area contributed by atoms with Crippen LogP contribution >= 0.6 is 0 Å². The second kappa shape index (κ2) is 6.92. The number of nitrogens with zero attached hydrogens (tertiary/aromatic N) is 3. The Morgan fingerprint density at radius 1 is 1.17 bits per heavy atom. The Balaban J connectivity index is 1.47. The van der Waals surface area contributed by atoms with Gasteiger partial charge in [0.25, 0.3) is 0 Å². The maximum atomic E-state index is 10.6. The third-order valence-electron chi connectivity index (χ3n) is 5.69. The molecule has 3 atom stereocenters. The number of rotatable bonds is 3. The van der Waals surface area contributed by atoms with Gasteiger partial charge in [-0.15, -0.1) is 0 Å². The molecule has 0 fully saturated rings. The summed E-state index contributed by atoms with van der Waals surface area (Å²) in [6.45, 7) is 2.56. The van der Waals surface area contributed by atoms with E-state index in [1.165, 1.54) is 0 Å². The zero-order chi connectivity index (χ0) is 20.0. The zero-order valence-corrected chi connectivity index (χ0v) is 16.3. The summed E-state index contributed by atoms with van der Waals surface area (Å²) >= 11 is 0. The number of nitrogens with one attached hydrogen (secondary N) is 1. The van der Waals surface area contributed by atoms with Gasteiger partial charge in [0, 0.05) is 12.1 Å². The summed E-state index contributed by atoms with van der Waals surface area (Å²) in [5.41, 5.74) is 5.91. The fourth-order valence-corrected chi connectivity index (χ4v) is 4.03. The highest BCUT2D eigenvalue weighted by molar-refractivity contribution is 5.85. The second-order valence-corrected chi connectivity index (χ2v) is 7.59. The van der Waals surface area contributed by atoms with Crippen molar-refractivity contribution in [2.45, 2.75) is 31.2 Å². The van der Waals surface area contributed by atoms with Crippen LogP contribution in [0.1, 0.15) is 35.7 Å². The Hall–Kier alpha value is -3.35. The van der Waals surface area contributed by atoms with E-state index in [1.54, 1.807) is 7.11 Å². The number of hydrazone groups is 1. The zero-order valence-electron chi connectivity index (χ0n) is 16.3. The summed E-state index contributed by atoms with van der Waals surface area (Å²) in [4.78, 5) is 9.14. The summed E-state index contributed by atoms with van der Waals surface area (Å²) in [5, 5.41) is 15.4. The summed E-state index contributed by atoms with van der Waals surface area (Å²) in [6, 6.07) is 11.9. The molecule has 3 aromatic rings. The van der Waals surface area contributed by atoms with E-state index < -0.39 is 0 Å². The highest BCUT2D eigenvalue weighted by Gasteiger charge is 2.26. The lowest BCUT2D eigenvalue weighted by Gasteiger charge is -2.25. The first kappa shape index (κ1) is 17.7. The molecule has 0 amide bonds. The van der Waals surface area contributed by atoms with E-state index in [1.807, 2.05) is 42.6 Å². The van der Waals surface area contributed by atoms with Crippen molar-refractivity contribution in [1.82, 2.24) is 15.4 Å². The van der Waals surface area contributed by atoms with Gasteiger partial charge in [0.2, 0.25) is 5.88 Å². The predicted octanol–water partition coefficient (Wildman–Crippen LogP) is 3.12. The van der Waals surface area contributed by atoms with Gasteiger partial charge in [0.05, 0.1) is 36.6 Å². The quantitative estimate of drug-likeness (QED) is 0.714. The smallest absolute Gasteiger partial charge is 0.222 e. The molecular weight excluding hydrogens is 368 g/mol. The third kappa shape index (κ3) is 3.12. The molecule has 0 saturated heterocycles. The SMILES string of the molecule is COc1ccc2c(c1)CC(c1nc(O)c3cc(C4C=NNC4C)ccc3n1)CO2. The average Bonchev–Trinajstić information content (AvgIpc) is 3.18. The summed E-state index contributed by atoms with van der Waals surface area (Å²) in [5.74, 6) is 2.37. The maximum absolute atomic E-state index is 10.6. The minimum atomic E-state index is -0.0317. The van der Waals surface area contributed by atoms with Crippen molar-refractivity contribution in [2.75, 3.05) is 13.7 Å². The molecule has 2 aliphatic heterocycles. The van der Waals surface area contributed by atoms with Crippen molar-refractivity contribution in [2.24, 2.45) is 5.10 Å². The van der Waals surface area contributed by atoms with Crippen molar-refractivity contribution in [3.63, 3.8) is 0 Å². The van der Waals surface area contributed by atoms with Gasteiger partial charge in [0.1, 0.15) is 17.3 Å². The van der Waals surface area contributed by atoms with Gasteiger partial charge in [-0.1, -0.05) is 6.07 Å². The normalized spacial score (nSPS) is 22.8. The summed E-state index contributed by atoms with van der Waals surface area (Å²) in [6.07, 6.45) is 2.63. The second-order valence-electron chi connectivity index (χ2n) is 7.59. The van der Waals surface area contributed by atoms with Crippen LogP contribution in [0.3, 0.4) is 0 Å². The molecule has 7 heteroatoms. The Morgan fingerprint density at radius 2 is 2.07 bits per heavy atom. The van der Waals surface area contributed by atoms with Gasteiger partial charge < -0.3 is 20.0 Å². The highest BCUT2D eigenvalue weighted by Crippen LogP contribution is 2.35. The lowest BCUT2D eigenvalue weighted by Crippen LogP contribution is -2.22. The average molecular weight is 390 g/mol. The van der Waals surface area contributed by atoms with Crippen LogP contribution in [-0.2, 0) is 6.42 Å². The van der Waals surface area contributed by atoms with E-state index >= 15 is 0 Å². The van der Waals surface area contributed by atoms with Gasteiger partial charge in [-0.3, -0.25) is 0 Å². The standard InChI is InChI=1S/C22H22N4O3/c1-12-18(10-23-26-12)13-3-5-19-17(9-13)22(27)25-21(24-19)15-7-14-8-16(28-2)4-6-20(14)29-11-15/h3-6,8-10,12,15,18,26H,7,11H2,1-2H3,(H,24,25,27). The van der Waals surface area contributed by atoms with Gasteiger partial charge in [-0.2, -0.15) is 10.1 Å². The number of hydrogen-bond donors (Lipinski definition) is 2. The van der Waals surface area contributed by atoms with E-state index in [-0.39, 0.29) is 23.8 Å². The van der Waals surface area contributed by atoms with Crippen LogP contribution in [0.25, 0.3) is 10.9 Å². The first-order valence-corrected chi connectivity index (χ1v) is 9.71. The number of ether oxygens (including phenoxy) is 2. The van der Waals surface area contributed by atoms with E-state index in [2.05, 4.69) is 22.4 Å². The Bertz CT molecular complexity index is 1110. The molecule has 1 aromatic heterocycles. The Morgan fingerprint density at radius 3 is 2.86 bits per heavy atom. The van der Waals surface area contributed by atoms with Crippen molar-refractivity contribution >= 4 is 17.1 Å². The number of methoxy groups -OCH3 is 1. The van der Waals surface area contributed by atoms with E-state index in [0.29, 0.717) is 17.8 Å². The van der Waals surface area contributed by atoms with Crippen LogP contribution in [0.15, 0.2) is 41.5 Å². The van der Waals surface area contributed by atoms with Crippen molar-refractivity contribution in [3.8, 4) is 17.4 Å². The first-order valence-electron chi connectivity index (χ1n) is 9.71. The molecule has 2 N–H and O–H groups in total. The Labute approximate surface area is 168 Å². The van der Waals surface area contributed by atoms with E-state index in [4.69, 9.17) is 14.5 Å². The van der Waals surface area contributed by atoms with Crippen LogP contribution in [0.4, 0.5) is 0 Å². The van der Waals surface area contributed by atoms with E-state index in [9.17, 15) is 5.11 Å². The molecule has 29 heavy (non-hydrogen) atoms. The van der Waals surface area contributed by atoms with Crippen molar-refractivity contribution in [1.29, 1.82) is 0 Å². The number of hydrogen-bond acceptors (Lipinski definition) is 7. The topological polar surface area (TPSA) is 88.9 Å². The highest BCUT2D eigenvalue weighted by atomic mass is 16.5. The molecule has 0 saturated carbocycles. The minimum absolute atomic E-state index is 0.00108. The minimum Gasteiger partial charge on any atom is -0.497 e. The summed E-state index contributed by atoms with van der Waals surface area (Å²) < 4.78 is 11.2. The van der Waals surface area contributed by atoms with Gasteiger partial charge in [-0.25, -0.2) is 4.98 Å². The number of fused-ring (bicyclic) bond motifs is 2.